The van der Waals surface area contributed by atoms with E-state index in [-0.39, 0.29) is 17.3 Å². The zero-order valence-corrected chi connectivity index (χ0v) is 18.6. The predicted octanol–water partition coefficient (Wildman–Crippen LogP) is 4.27. The molecule has 0 bridgehead atoms. The number of rotatable bonds is 7. The monoisotopic (exact) mass is 449 g/mol. The lowest BCUT2D eigenvalue weighted by Crippen LogP contribution is -2.14. The molecule has 8 heteroatoms. The second kappa shape index (κ2) is 8.84. The molecule has 2 aromatic carbocycles. The number of nitrogens with zero attached hydrogens (tertiary/aromatic N) is 2. The van der Waals surface area contributed by atoms with Crippen LogP contribution in [0.2, 0.25) is 0 Å². The van der Waals surface area contributed by atoms with Gasteiger partial charge in [-0.2, -0.15) is 0 Å². The van der Waals surface area contributed by atoms with E-state index in [0.29, 0.717) is 17.0 Å². The van der Waals surface area contributed by atoms with Crippen molar-refractivity contribution in [2.45, 2.75) is 25.3 Å². The van der Waals surface area contributed by atoms with Gasteiger partial charge in [-0.05, 0) is 48.9 Å². The predicted molar refractivity (Wildman–Crippen MR) is 123 cm³/mol. The van der Waals surface area contributed by atoms with Crippen molar-refractivity contribution in [1.29, 1.82) is 0 Å². The third-order valence-electron chi connectivity index (χ3n) is 4.99. The second-order valence-corrected chi connectivity index (χ2v) is 9.65. The zero-order chi connectivity index (χ0) is 22.7. The highest BCUT2D eigenvalue weighted by Gasteiger charge is 2.16. The highest BCUT2D eigenvalue weighted by molar-refractivity contribution is 7.91. The van der Waals surface area contributed by atoms with Gasteiger partial charge in [0, 0.05) is 18.1 Å². The summed E-state index contributed by atoms with van der Waals surface area (Å²) in [5, 5.41) is 2.76. The molecule has 2 aromatic heterocycles. The number of carbonyl (C=O) groups excluding carboxylic acids is 1. The minimum Gasteiger partial charge on any atom is -0.486 e. The molecule has 0 atom stereocenters. The topological polar surface area (TPSA) is 89.8 Å². The highest BCUT2D eigenvalue weighted by Crippen LogP contribution is 2.22. The normalized spacial score (nSPS) is 11.4. The average molecular weight is 450 g/mol. The van der Waals surface area contributed by atoms with E-state index in [2.05, 4.69) is 10.3 Å². The van der Waals surface area contributed by atoms with Gasteiger partial charge in [0.2, 0.25) is 0 Å². The first-order valence-electron chi connectivity index (χ1n) is 10.2. The van der Waals surface area contributed by atoms with E-state index in [9.17, 15) is 13.2 Å². The van der Waals surface area contributed by atoms with Gasteiger partial charge in [-0.3, -0.25) is 4.79 Å². The molecule has 32 heavy (non-hydrogen) atoms. The van der Waals surface area contributed by atoms with Crippen LogP contribution in [-0.4, -0.2) is 29.5 Å². The summed E-state index contributed by atoms with van der Waals surface area (Å²) in [4.78, 5) is 17.6. The molecule has 4 aromatic rings. The number of hydrogen-bond acceptors (Lipinski definition) is 5. The van der Waals surface area contributed by atoms with E-state index in [1.807, 2.05) is 35.9 Å². The minimum absolute atomic E-state index is 0.0102. The van der Waals surface area contributed by atoms with Gasteiger partial charge in [0.1, 0.15) is 18.0 Å². The van der Waals surface area contributed by atoms with Crippen molar-refractivity contribution in [1.82, 2.24) is 9.38 Å². The number of imidazole rings is 1. The van der Waals surface area contributed by atoms with Crippen molar-refractivity contribution in [3.63, 3.8) is 0 Å². The molecule has 2 heterocycles. The number of para-hydroxylation sites is 1. The average Bonchev–Trinajstić information content (AvgIpc) is 3.20. The minimum atomic E-state index is -3.37. The van der Waals surface area contributed by atoms with Gasteiger partial charge in [0.25, 0.3) is 5.91 Å². The lowest BCUT2D eigenvalue weighted by molar-refractivity contribution is 0.102. The van der Waals surface area contributed by atoms with Crippen LogP contribution in [0.15, 0.2) is 78.0 Å². The molecule has 7 nitrogen and oxygen atoms in total. The van der Waals surface area contributed by atoms with Crippen molar-refractivity contribution in [3.8, 4) is 5.75 Å². The maximum absolute atomic E-state index is 12.9. The van der Waals surface area contributed by atoms with Gasteiger partial charge >= 0.3 is 0 Å². The summed E-state index contributed by atoms with van der Waals surface area (Å²) < 4.78 is 32.1. The molecule has 0 unspecified atom stereocenters. The number of carbonyl (C=O) groups is 1. The molecule has 0 spiro atoms. The molecule has 164 valence electrons. The van der Waals surface area contributed by atoms with E-state index >= 15 is 0 Å². The van der Waals surface area contributed by atoms with Crippen molar-refractivity contribution < 1.29 is 17.9 Å². The first-order chi connectivity index (χ1) is 15.4. The van der Waals surface area contributed by atoms with Crippen molar-refractivity contribution in [2.75, 3.05) is 11.1 Å². The Hall–Kier alpha value is -3.65. The zero-order valence-electron chi connectivity index (χ0n) is 17.8. The summed E-state index contributed by atoms with van der Waals surface area (Å²) >= 11 is 0. The number of aromatic nitrogens is 2. The van der Waals surface area contributed by atoms with E-state index in [1.54, 1.807) is 43.3 Å². The van der Waals surface area contributed by atoms with E-state index < -0.39 is 15.7 Å². The number of fused-ring (bicyclic) bond motifs is 1. The van der Waals surface area contributed by atoms with Crippen LogP contribution in [0.3, 0.4) is 0 Å². The summed E-state index contributed by atoms with van der Waals surface area (Å²) in [6.07, 6.45) is 3.88. The number of amides is 1. The third kappa shape index (κ3) is 4.65. The molecular weight excluding hydrogens is 426 g/mol. The van der Waals surface area contributed by atoms with Crippen LogP contribution in [0.5, 0.6) is 5.75 Å². The maximum atomic E-state index is 12.9. The van der Waals surface area contributed by atoms with Crippen LogP contribution in [0.1, 0.15) is 28.5 Å². The van der Waals surface area contributed by atoms with Crippen LogP contribution in [0.4, 0.5) is 5.69 Å². The molecule has 0 saturated carbocycles. The summed E-state index contributed by atoms with van der Waals surface area (Å²) in [7, 11) is -3.37. The fraction of sp³-hybridized carbons (Fsp3) is 0.167. The Morgan fingerprint density at radius 2 is 1.88 bits per heavy atom. The lowest BCUT2D eigenvalue weighted by atomic mass is 10.2. The van der Waals surface area contributed by atoms with Gasteiger partial charge in [0.15, 0.2) is 9.84 Å². The SMILES string of the molecule is CCS(=O)(=O)c1cccc(NC(=O)c2ccccc2OCc2cn3cc(C)ccc3n2)c1. The van der Waals surface area contributed by atoms with Gasteiger partial charge in [-0.1, -0.05) is 31.2 Å². The Labute approximate surface area is 186 Å². The molecule has 1 amide bonds. The molecule has 0 aliphatic carbocycles. The molecule has 0 fully saturated rings. The number of benzene rings is 2. The maximum Gasteiger partial charge on any atom is 0.259 e. The molecule has 0 aliphatic heterocycles. The summed E-state index contributed by atoms with van der Waals surface area (Å²) in [5.74, 6) is 0.0109. The lowest BCUT2D eigenvalue weighted by Gasteiger charge is -2.12. The first-order valence-corrected chi connectivity index (χ1v) is 11.8. The Kier molecular flexibility index (Phi) is 5.96. The van der Waals surface area contributed by atoms with Crippen LogP contribution in [0.25, 0.3) is 5.65 Å². The first kappa shape index (κ1) is 21.6. The molecule has 1 N–H and O–H groups in total. The largest absolute Gasteiger partial charge is 0.486 e. The van der Waals surface area contributed by atoms with Crippen molar-refractivity contribution >= 4 is 27.1 Å². The fourth-order valence-corrected chi connectivity index (χ4v) is 4.22. The van der Waals surface area contributed by atoms with Gasteiger partial charge < -0.3 is 14.5 Å². The standard InChI is InChI=1S/C24H23N3O4S/c1-3-32(29,30)20-8-6-7-18(13-20)26-24(28)21-9-4-5-10-22(21)31-16-19-15-27-14-17(2)11-12-23(27)25-19/h4-15H,3,16H2,1-2H3,(H,26,28). The Morgan fingerprint density at radius 3 is 2.69 bits per heavy atom. The Balaban J connectivity index is 1.51. The summed E-state index contributed by atoms with van der Waals surface area (Å²) in [6.45, 7) is 3.80. The fourth-order valence-electron chi connectivity index (χ4n) is 3.29. The number of anilines is 1. The quantitative estimate of drug-likeness (QED) is 0.455. The number of sulfone groups is 1. The number of nitrogens with one attached hydrogen (secondary N) is 1. The Bertz CT molecular complexity index is 1390. The van der Waals surface area contributed by atoms with E-state index in [0.717, 1.165) is 16.9 Å². The van der Waals surface area contributed by atoms with Gasteiger partial charge in [0.05, 0.1) is 21.9 Å². The molecule has 0 saturated heterocycles. The number of hydrogen-bond donors (Lipinski definition) is 1. The smallest absolute Gasteiger partial charge is 0.259 e. The number of pyridine rings is 1. The molecule has 0 radical (unpaired) electrons. The number of ether oxygens (including phenoxy) is 1. The van der Waals surface area contributed by atoms with Gasteiger partial charge in [-0.25, -0.2) is 13.4 Å². The number of aryl methyl sites for hydroxylation is 1. The van der Waals surface area contributed by atoms with E-state index in [1.165, 1.54) is 12.1 Å². The van der Waals surface area contributed by atoms with Crippen LogP contribution in [0, 0.1) is 6.92 Å². The molecule has 0 aliphatic rings. The molecular formula is C24H23N3O4S. The van der Waals surface area contributed by atoms with Crippen molar-refractivity contribution in [2.24, 2.45) is 0 Å². The highest BCUT2D eigenvalue weighted by atomic mass is 32.2. The van der Waals surface area contributed by atoms with Crippen LogP contribution < -0.4 is 10.1 Å². The van der Waals surface area contributed by atoms with Crippen LogP contribution >= 0.6 is 0 Å². The van der Waals surface area contributed by atoms with E-state index in [4.69, 9.17) is 4.74 Å². The second-order valence-electron chi connectivity index (χ2n) is 7.37. The van der Waals surface area contributed by atoms with Crippen molar-refractivity contribution in [3.05, 3.63) is 89.9 Å². The van der Waals surface area contributed by atoms with Crippen LogP contribution in [-0.2, 0) is 16.4 Å². The Morgan fingerprint density at radius 1 is 1.06 bits per heavy atom. The van der Waals surface area contributed by atoms with Gasteiger partial charge in [-0.15, -0.1) is 0 Å². The molecule has 4 rings (SSSR count). The summed E-state index contributed by atoms with van der Waals surface area (Å²) in [5.41, 5.74) is 3.43. The summed E-state index contributed by atoms with van der Waals surface area (Å²) in [6, 6.07) is 17.1. The third-order valence-corrected chi connectivity index (χ3v) is 6.72.